The number of benzene rings is 6. The van der Waals surface area contributed by atoms with E-state index in [2.05, 4.69) is 44.3 Å². The fourth-order valence-corrected chi connectivity index (χ4v) is 14.7. The average molecular weight is 1680 g/mol. The summed E-state index contributed by atoms with van der Waals surface area (Å²) in [6, 6.07) is 50.5. The SMILES string of the molecule is C#CCO[C@H](C)[C@H](C)C(=O)O.C#CCO[C@H](C)[C@H](N)C(=O)N1CC[C@@H]2[C@H]1[C@@H](OC(=O)Nc1ccccc1)CN2C(=O)OCc1ccccc1.C#CCO[C@H](C)[C@H](NC(=O)OC(C)(C)C)C(=O)N1CC[C@@H]2[C@H]1[C@@H](OC(=O)Nc1ccccc1)CN2C(=O)OCc1ccccc1.O=C(Nc1ccccc1)O[C@H]1CN(C(=O)OCc2ccccc2)[C@@H]2CCN[C@H]12. The quantitative estimate of drug-likeness (QED) is 0.0207. The summed E-state index contributed by atoms with van der Waals surface area (Å²) < 4.78 is 55.3. The maximum Gasteiger partial charge on any atom is 0.412 e. The Labute approximate surface area is 710 Å². The standard InChI is InChI=1S/C33H40N4O8.C28H32N4O6.C21H23N3O4.C8H12O3/c1-6-19-42-22(2)27(35-31(40)45-33(3,4)5)29(38)36-18-17-25-28(36)26(44-30(39)34-24-15-11-8-12-16-24)20-37(25)32(41)43-21-23-13-9-7-10-14-23;1-3-16-36-19(2)24(29)26(33)31-15-14-22-25(31)23(38-27(34)30-21-12-8-5-9-13-21)17-32(22)28(35)37-18-20-10-6-4-7-11-20;25-20(23-16-9-5-2-6-10-16)28-18-13-24(17-11-12-22-19(17)18)21(26)27-14-15-7-3-1-4-8-15;1-4-5-11-7(3)6(2)8(9)10/h1,7-16,22,25-28H,17-21H2,2-5H3,(H,34,39)(H,35,40);1,4-13,19,22-25H,14-18,29H2,2H3,(H,30,34);1-10,17-19,22H,11-14H2,(H,23,25);1,6-7H,5H2,2-3H3,(H,9,10)/t22-,25-,26+,27+,28+;19-,22-,23+,24+,25+;17-,18+,19+;6-,7+/m1110/s1. The number of carbonyl (C=O) groups is 10. The number of carboxylic acids is 1. The van der Waals surface area contributed by atoms with Gasteiger partial charge in [0.15, 0.2) is 0 Å². The van der Waals surface area contributed by atoms with Crippen molar-refractivity contribution in [3.05, 3.63) is 199 Å². The van der Waals surface area contributed by atoms with Crippen molar-refractivity contribution >= 4 is 77.5 Å². The molecule has 0 radical (unpaired) electrons. The van der Waals surface area contributed by atoms with E-state index < -0.39 is 127 Å². The number of carboxylic acid groups (broad SMARTS) is 1. The van der Waals surface area contributed by atoms with Gasteiger partial charge in [0.25, 0.3) is 0 Å². The molecule has 15 atom stereocenters. The molecule has 6 aliphatic heterocycles. The molecule has 6 heterocycles. The van der Waals surface area contributed by atoms with Gasteiger partial charge in [-0.3, -0.25) is 45.0 Å². The fraction of sp³-hybridized carbons (Fsp3) is 0.422. The number of alkyl carbamates (subject to hydrolysis) is 1. The number of nitrogens with one attached hydrogen (secondary N) is 5. The molecule has 32 heteroatoms. The number of nitrogens with two attached hydrogens (primary N) is 1. The van der Waals surface area contributed by atoms with Crippen LogP contribution in [0.15, 0.2) is 182 Å². The van der Waals surface area contributed by atoms with Crippen molar-refractivity contribution in [2.45, 2.75) is 178 Å². The zero-order chi connectivity index (χ0) is 87.8. The second-order valence-electron chi connectivity index (χ2n) is 30.4. The molecule has 0 aromatic heterocycles. The zero-order valence-electron chi connectivity index (χ0n) is 69.2. The maximum absolute atomic E-state index is 14.1. The van der Waals surface area contributed by atoms with Gasteiger partial charge in [0.05, 0.1) is 80.1 Å². The van der Waals surface area contributed by atoms with Crippen molar-refractivity contribution in [3.63, 3.8) is 0 Å². The smallest absolute Gasteiger partial charge is 0.412 e. The summed E-state index contributed by atoms with van der Waals surface area (Å²) in [5.41, 5.74) is 9.76. The Kier molecular flexibility index (Phi) is 35.1. The van der Waals surface area contributed by atoms with Gasteiger partial charge in [0.2, 0.25) is 11.8 Å². The van der Waals surface area contributed by atoms with Gasteiger partial charge in [0, 0.05) is 30.2 Å². The largest absolute Gasteiger partial charge is 0.481 e. The molecule has 0 aliphatic carbocycles. The summed E-state index contributed by atoms with van der Waals surface area (Å²) in [5.74, 6) is 4.78. The molecule has 0 spiro atoms. The van der Waals surface area contributed by atoms with E-state index in [1.165, 1.54) is 14.7 Å². The molecule has 0 bridgehead atoms. The van der Waals surface area contributed by atoms with Gasteiger partial charge in [-0.05, 0) is 127 Å². The molecular formula is C90H107N11O21. The number of fused-ring (bicyclic) bond motifs is 3. The molecule has 0 unspecified atom stereocenters. The number of ether oxygens (including phenoxy) is 10. The van der Waals surface area contributed by atoms with Gasteiger partial charge in [-0.2, -0.15) is 0 Å². The van der Waals surface area contributed by atoms with E-state index in [0.29, 0.717) is 43.0 Å². The number of amides is 9. The maximum atomic E-state index is 14.1. The number of nitrogens with zero attached hydrogens (tertiary/aromatic N) is 5. The Bertz CT molecular complexity index is 4560. The normalized spacial score (nSPS) is 20.9. The second kappa shape index (κ2) is 46.0. The number of hydrogen-bond acceptors (Lipinski definition) is 22. The number of carbonyl (C=O) groups excluding carboxylic acids is 9. The molecular weight excluding hydrogens is 1570 g/mol. The van der Waals surface area contributed by atoms with Gasteiger partial charge in [-0.1, -0.05) is 163 Å². The molecule has 9 amide bonds. The first-order valence-electron chi connectivity index (χ1n) is 40.1. The Hall–Kier alpha value is -12.9. The number of aliphatic carboxylic acids is 1. The minimum atomic E-state index is -1.18. The fourth-order valence-electron chi connectivity index (χ4n) is 14.7. The molecule has 122 heavy (non-hydrogen) atoms. The van der Waals surface area contributed by atoms with E-state index in [4.69, 9.17) is 77.5 Å². The third-order valence-corrected chi connectivity index (χ3v) is 20.9. The molecule has 32 nitrogen and oxygen atoms in total. The molecule has 6 aromatic rings. The lowest BCUT2D eigenvalue weighted by Crippen LogP contribution is -2.58. The van der Waals surface area contributed by atoms with Crippen LogP contribution in [0.2, 0.25) is 0 Å². The lowest BCUT2D eigenvalue weighted by atomic mass is 10.1. The highest BCUT2D eigenvalue weighted by atomic mass is 16.6. The van der Waals surface area contributed by atoms with Crippen molar-refractivity contribution in [1.29, 1.82) is 0 Å². The third-order valence-electron chi connectivity index (χ3n) is 20.9. The number of hydrogen-bond donors (Lipinski definition) is 7. The number of anilines is 3. The molecule has 12 rings (SSSR count). The van der Waals surface area contributed by atoms with E-state index in [0.717, 1.165) is 29.7 Å². The molecule has 6 saturated heterocycles. The molecule has 6 aromatic carbocycles. The van der Waals surface area contributed by atoms with Crippen LogP contribution >= 0.6 is 0 Å². The van der Waals surface area contributed by atoms with Crippen LogP contribution < -0.4 is 32.3 Å². The van der Waals surface area contributed by atoms with E-state index in [9.17, 15) is 47.9 Å². The highest BCUT2D eigenvalue weighted by molar-refractivity contribution is 5.89. The summed E-state index contributed by atoms with van der Waals surface area (Å²) in [6.07, 6.45) is 9.13. The van der Waals surface area contributed by atoms with Crippen molar-refractivity contribution < 1.29 is 100 Å². The lowest BCUT2D eigenvalue weighted by Gasteiger charge is -2.33. The summed E-state index contributed by atoms with van der Waals surface area (Å²) in [7, 11) is 0. The van der Waals surface area contributed by atoms with Crippen LogP contribution in [-0.2, 0) is 81.6 Å². The third kappa shape index (κ3) is 27.1. The molecule has 6 aliphatic rings. The van der Waals surface area contributed by atoms with Gasteiger partial charge >= 0.3 is 48.6 Å². The van der Waals surface area contributed by atoms with Crippen LogP contribution in [0.25, 0.3) is 0 Å². The summed E-state index contributed by atoms with van der Waals surface area (Å²) >= 11 is 0. The van der Waals surface area contributed by atoms with E-state index in [1.807, 2.05) is 121 Å². The van der Waals surface area contributed by atoms with E-state index in [-0.39, 0.29) is 89.5 Å². The van der Waals surface area contributed by atoms with E-state index in [1.54, 1.807) is 119 Å². The number of likely N-dealkylation sites (tertiary alicyclic amines) is 5. The number of para-hydroxylation sites is 3. The van der Waals surface area contributed by atoms with Crippen LogP contribution in [0.3, 0.4) is 0 Å². The first-order valence-corrected chi connectivity index (χ1v) is 40.1. The minimum Gasteiger partial charge on any atom is -0.481 e. The Balaban J connectivity index is 0.000000199. The summed E-state index contributed by atoms with van der Waals surface area (Å²) in [5, 5.41) is 22.6. The molecule has 0 saturated carbocycles. The molecule has 6 fully saturated rings. The van der Waals surface area contributed by atoms with Crippen molar-refractivity contribution in [2.75, 3.05) is 75.0 Å². The second-order valence-corrected chi connectivity index (χ2v) is 30.4. The summed E-state index contributed by atoms with van der Waals surface area (Å²) in [4.78, 5) is 135. The average Bonchev–Trinajstić information content (AvgIpc) is 1.61. The van der Waals surface area contributed by atoms with E-state index >= 15 is 0 Å². The van der Waals surface area contributed by atoms with Crippen LogP contribution in [-0.4, -0.2) is 240 Å². The first kappa shape index (κ1) is 93.0. The number of terminal acetylenes is 3. The predicted octanol–water partition coefficient (Wildman–Crippen LogP) is 10.5. The Morgan fingerprint density at radius 2 is 0.803 bits per heavy atom. The van der Waals surface area contributed by atoms with Gasteiger partial charge in [-0.15, -0.1) is 19.3 Å². The zero-order valence-corrected chi connectivity index (χ0v) is 69.2. The van der Waals surface area contributed by atoms with Gasteiger partial charge in [-0.25, -0.2) is 33.6 Å². The lowest BCUT2D eigenvalue weighted by molar-refractivity contribution is -0.145. The van der Waals surface area contributed by atoms with Crippen molar-refractivity contribution in [2.24, 2.45) is 11.7 Å². The van der Waals surface area contributed by atoms with Crippen molar-refractivity contribution in [3.8, 4) is 37.0 Å². The van der Waals surface area contributed by atoms with Crippen LogP contribution in [0.1, 0.15) is 84.4 Å². The summed E-state index contributed by atoms with van der Waals surface area (Å²) in [6.45, 7) is 13.9. The van der Waals surface area contributed by atoms with Crippen LogP contribution in [0, 0.1) is 42.9 Å². The van der Waals surface area contributed by atoms with Crippen molar-refractivity contribution in [1.82, 2.24) is 35.1 Å². The first-order chi connectivity index (χ1) is 58.6. The minimum absolute atomic E-state index is 0.00224. The Morgan fingerprint density at radius 1 is 0.459 bits per heavy atom. The topological polar surface area (TPSA) is 386 Å². The Morgan fingerprint density at radius 3 is 1.18 bits per heavy atom. The highest BCUT2D eigenvalue weighted by Gasteiger charge is 2.57. The van der Waals surface area contributed by atoms with Gasteiger partial charge in [0.1, 0.15) is 75.6 Å². The van der Waals surface area contributed by atoms with Crippen LogP contribution in [0.5, 0.6) is 0 Å². The molecule has 8 N–H and O–H groups in total. The monoisotopic (exact) mass is 1680 g/mol. The molecule has 648 valence electrons. The van der Waals surface area contributed by atoms with Gasteiger partial charge < -0.3 is 78.6 Å². The predicted molar refractivity (Wildman–Crippen MR) is 450 cm³/mol. The number of rotatable bonds is 25. The van der Waals surface area contributed by atoms with Crippen LogP contribution in [0.4, 0.5) is 50.6 Å². The highest BCUT2D eigenvalue weighted by Crippen LogP contribution is 2.38.